The van der Waals surface area contributed by atoms with Gasteiger partial charge in [0, 0.05) is 19.6 Å². The van der Waals surface area contributed by atoms with Gasteiger partial charge in [0.1, 0.15) is 5.82 Å². The Balaban J connectivity index is 1.74. The summed E-state index contributed by atoms with van der Waals surface area (Å²) in [4.78, 5) is 12.9. The maximum Gasteiger partial charge on any atom is 0.451 e. The van der Waals surface area contributed by atoms with Gasteiger partial charge in [-0.1, -0.05) is 12.1 Å². The minimum Gasteiger partial charge on any atom is -0.478 e. The molecule has 1 aromatic carbocycles. The molecule has 6 nitrogen and oxygen atoms in total. The lowest BCUT2D eigenvalue weighted by atomic mass is 10.1. The maximum absolute atomic E-state index is 12.8. The summed E-state index contributed by atoms with van der Waals surface area (Å²) in [5.41, 5.74) is 0.968. The molecule has 2 heterocycles. The quantitative estimate of drug-likeness (QED) is 0.934. The highest BCUT2D eigenvalue weighted by atomic mass is 19.4. The second-order valence-electron chi connectivity index (χ2n) is 5.31. The van der Waals surface area contributed by atoms with Crippen LogP contribution in [0.3, 0.4) is 0 Å². The van der Waals surface area contributed by atoms with Crippen molar-refractivity contribution >= 4 is 5.97 Å². The third kappa shape index (κ3) is 3.19. The zero-order valence-corrected chi connectivity index (χ0v) is 11.9. The first-order chi connectivity index (χ1) is 10.8. The van der Waals surface area contributed by atoms with Gasteiger partial charge in [-0.2, -0.15) is 13.2 Å². The zero-order chi connectivity index (χ0) is 16.6. The molecular weight excluding hydrogens is 313 g/mol. The maximum atomic E-state index is 12.8. The number of aromatic carboxylic acids is 1. The number of alkyl halides is 3. The second-order valence-corrected chi connectivity index (χ2v) is 5.31. The number of fused-ring (bicyclic) bond motifs is 1. The normalized spacial score (nSPS) is 15.4. The fraction of sp³-hybridized carbons (Fsp3) is 0.357. The number of rotatable bonds is 3. The fourth-order valence-electron chi connectivity index (χ4n) is 2.61. The molecule has 0 saturated heterocycles. The summed E-state index contributed by atoms with van der Waals surface area (Å²) in [6, 6.07) is 6.48. The molecule has 2 aromatic rings. The topological polar surface area (TPSA) is 71.2 Å². The van der Waals surface area contributed by atoms with E-state index in [2.05, 4.69) is 10.2 Å². The number of hydrogen-bond acceptors (Lipinski definition) is 4. The van der Waals surface area contributed by atoms with Gasteiger partial charge in [-0.3, -0.25) is 4.90 Å². The van der Waals surface area contributed by atoms with Gasteiger partial charge in [0.2, 0.25) is 5.82 Å². The molecule has 0 unspecified atom stereocenters. The number of halogens is 3. The summed E-state index contributed by atoms with van der Waals surface area (Å²) in [7, 11) is 0. The number of benzene rings is 1. The van der Waals surface area contributed by atoms with Crippen molar-refractivity contribution in [1.29, 1.82) is 0 Å². The van der Waals surface area contributed by atoms with Crippen molar-refractivity contribution in [3.05, 3.63) is 47.0 Å². The predicted octanol–water partition coefficient (Wildman–Crippen LogP) is 2.01. The van der Waals surface area contributed by atoms with Crippen LogP contribution in [0.15, 0.2) is 24.3 Å². The van der Waals surface area contributed by atoms with Gasteiger partial charge in [-0.05, 0) is 17.7 Å². The van der Waals surface area contributed by atoms with E-state index in [1.807, 2.05) is 4.90 Å². The molecule has 1 aromatic heterocycles. The van der Waals surface area contributed by atoms with E-state index in [1.165, 1.54) is 6.07 Å². The number of carbonyl (C=O) groups is 1. The Kier molecular flexibility index (Phi) is 3.80. The van der Waals surface area contributed by atoms with Crippen LogP contribution in [0.2, 0.25) is 0 Å². The molecule has 0 aliphatic carbocycles. The minimum absolute atomic E-state index is 0.149. The number of nitrogens with zero attached hydrogens (tertiary/aromatic N) is 4. The first-order valence-electron chi connectivity index (χ1n) is 6.88. The summed E-state index contributed by atoms with van der Waals surface area (Å²) < 4.78 is 39.4. The Morgan fingerprint density at radius 3 is 2.74 bits per heavy atom. The minimum atomic E-state index is -4.51. The van der Waals surface area contributed by atoms with Crippen molar-refractivity contribution < 1.29 is 23.1 Å². The molecule has 0 fully saturated rings. The Morgan fingerprint density at radius 2 is 2.04 bits per heavy atom. The van der Waals surface area contributed by atoms with Gasteiger partial charge < -0.3 is 9.67 Å². The molecule has 0 spiro atoms. The molecular formula is C14H13F3N4O2. The average molecular weight is 326 g/mol. The lowest BCUT2D eigenvalue weighted by molar-refractivity contribution is -0.148. The fourth-order valence-corrected chi connectivity index (χ4v) is 2.61. The van der Waals surface area contributed by atoms with Crippen LogP contribution in [0.4, 0.5) is 13.2 Å². The SMILES string of the molecule is O=C(O)c1cccc(CN2CCn3c(nnc3C(F)(F)F)C2)c1. The summed E-state index contributed by atoms with van der Waals surface area (Å²) in [5.74, 6) is -1.72. The van der Waals surface area contributed by atoms with Crippen molar-refractivity contribution in [3.63, 3.8) is 0 Å². The van der Waals surface area contributed by atoms with Gasteiger partial charge in [-0.15, -0.1) is 10.2 Å². The second kappa shape index (κ2) is 5.65. The average Bonchev–Trinajstić information content (AvgIpc) is 2.90. The lowest BCUT2D eigenvalue weighted by Gasteiger charge is -2.27. The molecule has 1 N–H and O–H groups in total. The molecule has 0 radical (unpaired) electrons. The van der Waals surface area contributed by atoms with Gasteiger partial charge in [0.05, 0.1) is 12.1 Å². The molecule has 0 bridgehead atoms. The van der Waals surface area contributed by atoms with Crippen LogP contribution < -0.4 is 0 Å². The van der Waals surface area contributed by atoms with Crippen molar-refractivity contribution in [1.82, 2.24) is 19.7 Å². The number of hydrogen-bond donors (Lipinski definition) is 1. The molecule has 0 amide bonds. The Morgan fingerprint density at radius 1 is 1.26 bits per heavy atom. The Bertz CT molecular complexity index is 742. The smallest absolute Gasteiger partial charge is 0.451 e. The van der Waals surface area contributed by atoms with Crippen LogP contribution in [0, 0.1) is 0 Å². The van der Waals surface area contributed by atoms with E-state index in [1.54, 1.807) is 18.2 Å². The van der Waals surface area contributed by atoms with E-state index in [9.17, 15) is 18.0 Å². The number of aromatic nitrogens is 3. The highest BCUT2D eigenvalue weighted by Crippen LogP contribution is 2.29. The van der Waals surface area contributed by atoms with Crippen molar-refractivity contribution in [2.45, 2.75) is 25.8 Å². The van der Waals surface area contributed by atoms with Gasteiger partial charge in [0.15, 0.2) is 0 Å². The molecule has 0 saturated carbocycles. The summed E-state index contributed by atoms with van der Waals surface area (Å²) in [6.07, 6.45) is -4.51. The summed E-state index contributed by atoms with van der Waals surface area (Å²) in [5, 5.41) is 15.8. The summed E-state index contributed by atoms with van der Waals surface area (Å²) in [6.45, 7) is 1.23. The van der Waals surface area contributed by atoms with Crippen LogP contribution >= 0.6 is 0 Å². The predicted molar refractivity (Wildman–Crippen MR) is 72.5 cm³/mol. The van der Waals surface area contributed by atoms with Crippen LogP contribution in [0.1, 0.15) is 27.6 Å². The van der Waals surface area contributed by atoms with Crippen LogP contribution in [-0.4, -0.2) is 37.3 Å². The third-order valence-electron chi connectivity index (χ3n) is 3.67. The van der Waals surface area contributed by atoms with E-state index in [-0.39, 0.29) is 24.5 Å². The largest absolute Gasteiger partial charge is 0.478 e. The first-order valence-corrected chi connectivity index (χ1v) is 6.88. The molecule has 23 heavy (non-hydrogen) atoms. The Labute approximate surface area is 129 Å². The van der Waals surface area contributed by atoms with E-state index < -0.39 is 18.0 Å². The third-order valence-corrected chi connectivity index (χ3v) is 3.67. The van der Waals surface area contributed by atoms with E-state index in [4.69, 9.17) is 5.11 Å². The van der Waals surface area contributed by atoms with Gasteiger partial charge >= 0.3 is 12.1 Å². The van der Waals surface area contributed by atoms with Crippen molar-refractivity contribution in [3.8, 4) is 0 Å². The summed E-state index contributed by atoms with van der Waals surface area (Å²) >= 11 is 0. The lowest BCUT2D eigenvalue weighted by Crippen LogP contribution is -2.34. The van der Waals surface area contributed by atoms with E-state index in [0.717, 1.165) is 10.1 Å². The van der Waals surface area contributed by atoms with Gasteiger partial charge in [0.25, 0.3) is 0 Å². The zero-order valence-electron chi connectivity index (χ0n) is 11.9. The molecule has 1 aliphatic heterocycles. The Hall–Kier alpha value is -2.42. The van der Waals surface area contributed by atoms with Crippen molar-refractivity contribution in [2.75, 3.05) is 6.54 Å². The molecule has 3 rings (SSSR count). The van der Waals surface area contributed by atoms with Crippen LogP contribution in [0.5, 0.6) is 0 Å². The number of carboxylic acids is 1. The highest BCUT2D eigenvalue weighted by Gasteiger charge is 2.39. The number of carboxylic acid groups (broad SMARTS) is 1. The van der Waals surface area contributed by atoms with Crippen LogP contribution in [-0.2, 0) is 25.8 Å². The van der Waals surface area contributed by atoms with E-state index >= 15 is 0 Å². The van der Waals surface area contributed by atoms with Gasteiger partial charge in [-0.25, -0.2) is 4.79 Å². The molecule has 122 valence electrons. The first kappa shape index (κ1) is 15.5. The van der Waals surface area contributed by atoms with Crippen molar-refractivity contribution in [2.24, 2.45) is 0 Å². The standard InChI is InChI=1S/C14H13F3N4O2/c15-14(16,17)13-19-18-11-8-20(4-5-21(11)13)7-9-2-1-3-10(6-9)12(22)23/h1-3,6H,4-5,7-8H2,(H,22,23). The van der Waals surface area contributed by atoms with Crippen LogP contribution in [0.25, 0.3) is 0 Å². The monoisotopic (exact) mass is 326 g/mol. The molecule has 1 aliphatic rings. The molecule has 9 heteroatoms. The molecule has 0 atom stereocenters. The highest BCUT2D eigenvalue weighted by molar-refractivity contribution is 5.87. The van der Waals surface area contributed by atoms with E-state index in [0.29, 0.717) is 13.1 Å².